The molecule has 3 N–H and O–H groups in total. The number of benzene rings is 1. The quantitative estimate of drug-likeness (QED) is 0.385. The highest BCUT2D eigenvalue weighted by atomic mass is 35.5. The van der Waals surface area contributed by atoms with Crippen LogP contribution >= 0.6 is 11.6 Å². The van der Waals surface area contributed by atoms with Gasteiger partial charge in [0.15, 0.2) is 5.69 Å². The lowest BCUT2D eigenvalue weighted by Gasteiger charge is -2.38. The van der Waals surface area contributed by atoms with Crippen molar-refractivity contribution in [3.05, 3.63) is 34.6 Å². The molecule has 1 aromatic carbocycles. The molecule has 1 aliphatic heterocycles. The van der Waals surface area contributed by atoms with E-state index >= 15 is 0 Å². The molecule has 10 nitrogen and oxygen atoms in total. The molecule has 2 saturated carbocycles. The zero-order valence-corrected chi connectivity index (χ0v) is 22.3. The number of hydrogen-bond acceptors (Lipinski definition) is 9. The number of nitrogens with one attached hydrogen (secondary N) is 3. The van der Waals surface area contributed by atoms with Gasteiger partial charge in [0.1, 0.15) is 12.2 Å². The third-order valence-electron chi connectivity index (χ3n) is 7.75. The smallest absolute Gasteiger partial charge is 0.241 e. The summed E-state index contributed by atoms with van der Waals surface area (Å²) < 4.78 is 16.0. The molecule has 1 saturated heterocycles. The van der Waals surface area contributed by atoms with E-state index in [0.717, 1.165) is 63.7 Å². The predicted octanol–water partition coefficient (Wildman–Crippen LogP) is 4.68. The Labute approximate surface area is 231 Å². The van der Waals surface area contributed by atoms with E-state index in [1.54, 1.807) is 22.7 Å². The Morgan fingerprint density at radius 2 is 1.74 bits per heavy atom. The fourth-order valence-corrected chi connectivity index (χ4v) is 5.76. The van der Waals surface area contributed by atoms with Gasteiger partial charge in [0.05, 0.1) is 34.2 Å². The Bertz CT molecular complexity index is 1450. The fourth-order valence-electron chi connectivity index (χ4n) is 5.48. The molecule has 3 aliphatic rings. The first-order valence-corrected chi connectivity index (χ1v) is 14.0. The van der Waals surface area contributed by atoms with Gasteiger partial charge in [0.2, 0.25) is 17.7 Å². The molecule has 0 bridgehead atoms. The van der Waals surface area contributed by atoms with Crippen LogP contribution in [-0.2, 0) is 0 Å². The summed E-state index contributed by atoms with van der Waals surface area (Å²) in [6.45, 7) is 1.50. The van der Waals surface area contributed by atoms with Crippen molar-refractivity contribution in [1.29, 1.82) is 10.5 Å². The molecule has 0 spiro atoms. The topological polar surface area (TPSA) is 130 Å². The molecular weight excluding hydrogens is 519 g/mol. The zero-order valence-electron chi connectivity index (χ0n) is 21.5. The number of nitriles is 2. The van der Waals surface area contributed by atoms with Crippen molar-refractivity contribution in [1.82, 2.24) is 24.7 Å². The summed E-state index contributed by atoms with van der Waals surface area (Å²) in [6.07, 6.45) is 8.29. The van der Waals surface area contributed by atoms with E-state index in [1.165, 1.54) is 0 Å². The molecule has 202 valence electrons. The van der Waals surface area contributed by atoms with Gasteiger partial charge in [-0.25, -0.2) is 4.39 Å². The van der Waals surface area contributed by atoms with Gasteiger partial charge in [-0.2, -0.15) is 25.5 Å². The van der Waals surface area contributed by atoms with Crippen molar-refractivity contribution in [2.24, 2.45) is 0 Å². The number of anilines is 4. The molecule has 3 heterocycles. The van der Waals surface area contributed by atoms with E-state index in [2.05, 4.69) is 41.9 Å². The lowest BCUT2D eigenvalue weighted by Crippen LogP contribution is -2.50. The van der Waals surface area contributed by atoms with E-state index < -0.39 is 6.17 Å². The van der Waals surface area contributed by atoms with E-state index in [-0.39, 0.29) is 23.7 Å². The average molecular weight is 549 g/mol. The Morgan fingerprint density at radius 1 is 0.949 bits per heavy atom. The van der Waals surface area contributed by atoms with Crippen molar-refractivity contribution in [2.45, 2.75) is 75.7 Å². The molecule has 12 heteroatoms. The number of halogens is 2. The first-order chi connectivity index (χ1) is 19.0. The molecule has 0 radical (unpaired) electrons. The number of imidazole rings is 1. The molecule has 0 unspecified atom stereocenters. The van der Waals surface area contributed by atoms with Crippen molar-refractivity contribution in [3.63, 3.8) is 0 Å². The molecule has 0 amide bonds. The average Bonchev–Trinajstić information content (AvgIpc) is 3.66. The third-order valence-corrected chi connectivity index (χ3v) is 8.15. The largest absolute Gasteiger partial charge is 0.370 e. The van der Waals surface area contributed by atoms with Gasteiger partial charge in [-0.1, -0.05) is 24.4 Å². The number of fused-ring (bicyclic) bond motifs is 1. The van der Waals surface area contributed by atoms with Gasteiger partial charge in [-0.05, 0) is 50.7 Å². The van der Waals surface area contributed by atoms with Crippen LogP contribution in [-0.4, -0.2) is 56.7 Å². The number of nitrogens with zero attached hydrogens (tertiary/aromatic N) is 7. The van der Waals surface area contributed by atoms with E-state index in [0.29, 0.717) is 40.5 Å². The molecule has 2 aromatic heterocycles. The summed E-state index contributed by atoms with van der Waals surface area (Å²) in [5.74, 6) is 1.14. The van der Waals surface area contributed by atoms with Gasteiger partial charge >= 0.3 is 0 Å². The van der Waals surface area contributed by atoms with Crippen LogP contribution in [0.2, 0.25) is 5.02 Å². The van der Waals surface area contributed by atoms with Crippen molar-refractivity contribution in [2.75, 3.05) is 28.6 Å². The standard InChI is InChI=1S/C27H30ClFN10/c28-24-22(35-25-36-26(33-17-5-6-17)39-15-19(14-31)34-27(39)37-25)11-16(13-30)12-23(24)38-9-7-18(8-10-38)32-21-4-2-1-3-20(21)29/h11-12,15,17-18,20-21,32H,1-10H2,(H2,33,34,35,36,37)/t20-,21-/m1/s1. The second-order valence-corrected chi connectivity index (χ2v) is 11.0. The highest BCUT2D eigenvalue weighted by Crippen LogP contribution is 2.37. The van der Waals surface area contributed by atoms with Gasteiger partial charge in [0.25, 0.3) is 0 Å². The molecule has 3 fully saturated rings. The van der Waals surface area contributed by atoms with Crippen LogP contribution in [0.5, 0.6) is 0 Å². The minimum absolute atomic E-state index is 0.0486. The third kappa shape index (κ3) is 5.56. The molecule has 6 rings (SSSR count). The molecule has 2 aliphatic carbocycles. The Morgan fingerprint density at radius 3 is 2.46 bits per heavy atom. The van der Waals surface area contributed by atoms with Crippen LogP contribution in [0, 0.1) is 22.7 Å². The number of alkyl halides is 1. The molecular formula is C27H30ClFN10. The van der Waals surface area contributed by atoms with Gasteiger partial charge < -0.3 is 20.9 Å². The minimum atomic E-state index is -0.762. The molecule has 3 aromatic rings. The predicted molar refractivity (Wildman–Crippen MR) is 147 cm³/mol. The van der Waals surface area contributed by atoms with Crippen LogP contribution in [0.1, 0.15) is 62.6 Å². The number of rotatable bonds is 7. The molecule has 2 atom stereocenters. The Hall–Kier alpha value is -3.67. The second kappa shape index (κ2) is 10.8. The number of piperidine rings is 1. The summed E-state index contributed by atoms with van der Waals surface area (Å²) in [4.78, 5) is 15.6. The van der Waals surface area contributed by atoms with E-state index in [1.807, 2.05) is 6.07 Å². The van der Waals surface area contributed by atoms with Gasteiger partial charge in [-0.3, -0.25) is 4.40 Å². The SMILES string of the molecule is N#Cc1cc(Nc2nc(NC3CC3)n3cc(C#N)nc3n2)c(Cl)c(N2CCC(N[C@@H]3CCCC[C@H]3F)CC2)c1. The maximum Gasteiger partial charge on any atom is 0.241 e. The summed E-state index contributed by atoms with van der Waals surface area (Å²) in [5.41, 5.74) is 1.99. The van der Waals surface area contributed by atoms with Crippen molar-refractivity contribution in [3.8, 4) is 12.1 Å². The summed E-state index contributed by atoms with van der Waals surface area (Å²) in [6, 6.07) is 8.30. The van der Waals surface area contributed by atoms with Gasteiger partial charge in [-0.15, -0.1) is 0 Å². The summed E-state index contributed by atoms with van der Waals surface area (Å²) >= 11 is 6.90. The fraction of sp³-hybridized carbons (Fsp3) is 0.519. The first-order valence-electron chi connectivity index (χ1n) is 13.6. The minimum Gasteiger partial charge on any atom is -0.370 e. The monoisotopic (exact) mass is 548 g/mol. The zero-order chi connectivity index (χ0) is 26.9. The summed E-state index contributed by atoms with van der Waals surface area (Å²) in [7, 11) is 0. The van der Waals surface area contributed by atoms with Crippen LogP contribution in [0.25, 0.3) is 5.78 Å². The maximum atomic E-state index is 14.3. The van der Waals surface area contributed by atoms with Gasteiger partial charge in [0, 0.05) is 31.2 Å². The van der Waals surface area contributed by atoms with Crippen LogP contribution in [0.15, 0.2) is 18.3 Å². The first kappa shape index (κ1) is 25.6. The van der Waals surface area contributed by atoms with Crippen LogP contribution in [0.3, 0.4) is 0 Å². The van der Waals surface area contributed by atoms with Crippen molar-refractivity contribution < 1.29 is 4.39 Å². The number of aromatic nitrogens is 4. The second-order valence-electron chi connectivity index (χ2n) is 10.6. The Balaban J connectivity index is 1.22. The highest BCUT2D eigenvalue weighted by molar-refractivity contribution is 6.36. The maximum absolute atomic E-state index is 14.3. The van der Waals surface area contributed by atoms with Crippen molar-refractivity contribution >= 4 is 40.7 Å². The highest BCUT2D eigenvalue weighted by Gasteiger charge is 2.29. The van der Waals surface area contributed by atoms with E-state index in [4.69, 9.17) is 11.6 Å². The lowest BCUT2D eigenvalue weighted by atomic mass is 9.92. The summed E-state index contributed by atoms with van der Waals surface area (Å²) in [5, 5.41) is 29.6. The Kier molecular flexibility index (Phi) is 7.11. The van der Waals surface area contributed by atoms with Crippen LogP contribution < -0.4 is 20.9 Å². The van der Waals surface area contributed by atoms with Crippen LogP contribution in [0.4, 0.5) is 27.7 Å². The lowest BCUT2D eigenvalue weighted by molar-refractivity contribution is 0.172. The molecule has 39 heavy (non-hydrogen) atoms. The number of hydrogen-bond donors (Lipinski definition) is 3. The van der Waals surface area contributed by atoms with E-state index in [9.17, 15) is 14.9 Å². The normalized spacial score (nSPS) is 21.9.